The van der Waals surface area contributed by atoms with Crippen LogP contribution in [-0.2, 0) is 19.7 Å². The van der Waals surface area contributed by atoms with E-state index < -0.39 is 0 Å². The Hall–Kier alpha value is -0.880. The summed E-state index contributed by atoms with van der Waals surface area (Å²) in [5.41, 5.74) is 3.35. The zero-order chi connectivity index (χ0) is 12.5. The van der Waals surface area contributed by atoms with Gasteiger partial charge < -0.3 is 0 Å². The van der Waals surface area contributed by atoms with Gasteiger partial charge in [-0.05, 0) is 30.7 Å². The molecule has 1 aromatic rings. The van der Waals surface area contributed by atoms with Gasteiger partial charge in [0.1, 0.15) is 0 Å². The molecule has 0 radical (unpaired) electrons. The Kier molecular flexibility index (Phi) is 3.53. The van der Waals surface area contributed by atoms with Crippen LogP contribution in [0.5, 0.6) is 0 Å². The van der Waals surface area contributed by atoms with E-state index in [0.29, 0.717) is 0 Å². The van der Waals surface area contributed by atoms with Crippen molar-refractivity contribution in [1.82, 2.24) is 0 Å². The van der Waals surface area contributed by atoms with Gasteiger partial charge in [0.2, 0.25) is 0 Å². The molecule has 0 N–H and O–H groups in total. The lowest BCUT2D eigenvalue weighted by Gasteiger charge is -2.20. The number of aliphatic imine (C=N–C) groups is 1. The highest BCUT2D eigenvalue weighted by molar-refractivity contribution is 7.94. The van der Waals surface area contributed by atoms with Crippen molar-refractivity contribution in [2.45, 2.75) is 31.1 Å². The summed E-state index contributed by atoms with van der Waals surface area (Å²) in [6.45, 7) is 6.38. The normalized spacial score (nSPS) is 16.8. The number of rotatable bonds is 4. The van der Waals surface area contributed by atoms with Crippen LogP contribution in [-0.4, -0.2) is 12.8 Å². The van der Waals surface area contributed by atoms with Gasteiger partial charge >= 0.3 is 0 Å². The minimum absolute atomic E-state index is 0.0198. The van der Waals surface area contributed by atoms with E-state index in [2.05, 4.69) is 41.8 Å². The van der Waals surface area contributed by atoms with Crippen LogP contribution >= 0.6 is 12.0 Å². The SMILES string of the molecule is COOOSc1ccc2c(c1)C(C)(C)C(C)=N2. The third-order valence-electron chi connectivity index (χ3n) is 3.06. The molecule has 92 valence electrons. The number of nitrogens with zero attached hydrogens (tertiary/aromatic N) is 1. The fraction of sp³-hybridized carbons (Fsp3) is 0.417. The average Bonchev–Trinajstić information content (AvgIpc) is 2.51. The van der Waals surface area contributed by atoms with E-state index >= 15 is 0 Å². The van der Waals surface area contributed by atoms with E-state index in [1.807, 2.05) is 12.1 Å². The first-order valence-corrected chi connectivity index (χ1v) is 6.04. The summed E-state index contributed by atoms with van der Waals surface area (Å²) in [7, 11) is 1.39. The van der Waals surface area contributed by atoms with Crippen molar-refractivity contribution in [3.05, 3.63) is 23.8 Å². The van der Waals surface area contributed by atoms with Crippen molar-refractivity contribution in [2.75, 3.05) is 7.11 Å². The monoisotopic (exact) mass is 253 g/mol. The summed E-state index contributed by atoms with van der Waals surface area (Å²) in [5, 5.41) is 4.36. The van der Waals surface area contributed by atoms with Crippen molar-refractivity contribution in [3.63, 3.8) is 0 Å². The Balaban J connectivity index is 2.20. The molecule has 0 saturated heterocycles. The van der Waals surface area contributed by atoms with Crippen LogP contribution in [0.3, 0.4) is 0 Å². The molecule has 0 aromatic heterocycles. The van der Waals surface area contributed by atoms with Crippen molar-refractivity contribution in [1.29, 1.82) is 0 Å². The highest BCUT2D eigenvalue weighted by Crippen LogP contribution is 2.41. The van der Waals surface area contributed by atoms with Crippen LogP contribution < -0.4 is 0 Å². The predicted octanol–water partition coefficient (Wildman–Crippen LogP) is 3.59. The maximum Gasteiger partial charge on any atom is 0.0744 e. The Morgan fingerprint density at radius 3 is 2.76 bits per heavy atom. The van der Waals surface area contributed by atoms with Gasteiger partial charge in [-0.3, -0.25) is 4.99 Å². The van der Waals surface area contributed by atoms with Crippen molar-refractivity contribution in [3.8, 4) is 0 Å². The van der Waals surface area contributed by atoms with Crippen LogP contribution in [0.2, 0.25) is 0 Å². The van der Waals surface area contributed by atoms with Crippen molar-refractivity contribution < 1.29 is 14.3 Å². The van der Waals surface area contributed by atoms with E-state index in [4.69, 9.17) is 4.33 Å². The molecule has 0 bridgehead atoms. The summed E-state index contributed by atoms with van der Waals surface area (Å²) >= 11 is 1.11. The van der Waals surface area contributed by atoms with Crippen LogP contribution in [0.1, 0.15) is 26.3 Å². The number of benzene rings is 1. The third kappa shape index (κ3) is 2.37. The Morgan fingerprint density at radius 1 is 1.29 bits per heavy atom. The molecular formula is C12H15NO3S. The maximum absolute atomic E-state index is 4.78. The smallest absolute Gasteiger partial charge is 0.0744 e. The fourth-order valence-corrected chi connectivity index (χ4v) is 2.21. The molecule has 1 aromatic carbocycles. The largest absolute Gasteiger partial charge is 0.257 e. The summed E-state index contributed by atoms with van der Waals surface area (Å²) in [4.78, 5) is 9.86. The molecule has 0 unspecified atom stereocenters. The molecule has 0 amide bonds. The molecule has 1 heterocycles. The molecule has 0 atom stereocenters. The van der Waals surface area contributed by atoms with Gasteiger partial charge in [0, 0.05) is 16.0 Å². The Bertz CT molecular complexity index is 457. The van der Waals surface area contributed by atoms with Gasteiger partial charge in [-0.2, -0.15) is 0 Å². The van der Waals surface area contributed by atoms with E-state index in [-0.39, 0.29) is 5.41 Å². The zero-order valence-electron chi connectivity index (χ0n) is 10.3. The molecule has 1 aliphatic rings. The first-order valence-electron chi connectivity index (χ1n) is 5.30. The minimum atomic E-state index is -0.0198. The van der Waals surface area contributed by atoms with Gasteiger partial charge in [0.25, 0.3) is 0 Å². The molecule has 2 rings (SSSR count). The van der Waals surface area contributed by atoms with Gasteiger partial charge in [0.15, 0.2) is 0 Å². The maximum atomic E-state index is 4.78. The molecule has 0 spiro atoms. The van der Waals surface area contributed by atoms with Crippen molar-refractivity contribution in [2.24, 2.45) is 4.99 Å². The molecular weight excluding hydrogens is 238 g/mol. The van der Waals surface area contributed by atoms with Crippen LogP contribution in [0.15, 0.2) is 28.1 Å². The predicted molar refractivity (Wildman–Crippen MR) is 67.3 cm³/mol. The molecule has 1 aliphatic heterocycles. The van der Waals surface area contributed by atoms with Crippen LogP contribution in [0.25, 0.3) is 0 Å². The lowest BCUT2D eigenvalue weighted by atomic mass is 9.82. The summed E-state index contributed by atoms with van der Waals surface area (Å²) < 4.78 is 4.78. The first-order chi connectivity index (χ1) is 8.05. The standard InChI is InChI=1S/C12H15NO3S/c1-8-12(2,3)10-7-9(17-16-15-14-4)5-6-11(10)13-8/h5-7H,1-4H3. The lowest BCUT2D eigenvalue weighted by molar-refractivity contribution is -0.447. The Labute approximate surface area is 105 Å². The van der Waals surface area contributed by atoms with Crippen LogP contribution in [0.4, 0.5) is 5.69 Å². The summed E-state index contributed by atoms with van der Waals surface area (Å²) in [5.74, 6) is 0. The summed E-state index contributed by atoms with van der Waals surface area (Å²) in [6, 6.07) is 6.01. The van der Waals surface area contributed by atoms with Crippen molar-refractivity contribution >= 4 is 23.4 Å². The highest BCUT2D eigenvalue weighted by Gasteiger charge is 2.32. The second kappa shape index (κ2) is 4.78. The topological polar surface area (TPSA) is 40.0 Å². The molecule has 0 fully saturated rings. The molecule has 4 nitrogen and oxygen atoms in total. The van der Waals surface area contributed by atoms with E-state index in [9.17, 15) is 0 Å². The van der Waals surface area contributed by atoms with Crippen LogP contribution in [0, 0.1) is 0 Å². The molecule has 17 heavy (non-hydrogen) atoms. The molecule has 0 saturated carbocycles. The quantitative estimate of drug-likeness (QED) is 0.356. The second-order valence-corrected chi connectivity index (χ2v) is 5.16. The van der Waals surface area contributed by atoms with Gasteiger partial charge in [-0.15, -0.1) is 4.33 Å². The number of hydrogen-bond donors (Lipinski definition) is 0. The Morgan fingerprint density at radius 2 is 2.06 bits per heavy atom. The highest BCUT2D eigenvalue weighted by atomic mass is 32.2. The molecule has 0 aliphatic carbocycles. The minimum Gasteiger partial charge on any atom is -0.257 e. The zero-order valence-corrected chi connectivity index (χ0v) is 11.1. The lowest BCUT2D eigenvalue weighted by Crippen LogP contribution is -2.22. The van der Waals surface area contributed by atoms with E-state index in [1.54, 1.807) is 0 Å². The number of hydrogen-bond acceptors (Lipinski definition) is 5. The average molecular weight is 253 g/mol. The first kappa shape index (κ1) is 12.6. The van der Waals surface area contributed by atoms with E-state index in [0.717, 1.165) is 28.3 Å². The number of fused-ring (bicyclic) bond motifs is 1. The van der Waals surface area contributed by atoms with Gasteiger partial charge in [-0.1, -0.05) is 18.9 Å². The van der Waals surface area contributed by atoms with Gasteiger partial charge in [0.05, 0.1) is 24.8 Å². The van der Waals surface area contributed by atoms with Gasteiger partial charge in [-0.25, -0.2) is 4.89 Å². The summed E-state index contributed by atoms with van der Waals surface area (Å²) in [6.07, 6.45) is 0. The van der Waals surface area contributed by atoms with E-state index in [1.165, 1.54) is 12.7 Å². The third-order valence-corrected chi connectivity index (χ3v) is 3.63. The fourth-order valence-electron chi connectivity index (χ4n) is 1.76. The second-order valence-electron chi connectivity index (χ2n) is 4.39. The molecule has 5 heteroatoms.